The summed E-state index contributed by atoms with van der Waals surface area (Å²) < 4.78 is 32.8. The van der Waals surface area contributed by atoms with Crippen molar-refractivity contribution >= 4 is 26.8 Å². The Balaban J connectivity index is 1.94. The van der Waals surface area contributed by atoms with E-state index >= 15 is 0 Å². The Hall–Kier alpha value is -2.34. The molecule has 0 aliphatic carbocycles. The van der Waals surface area contributed by atoms with Crippen LogP contribution in [0.15, 0.2) is 57.8 Å². The molecule has 3 rings (SSSR count). The molecule has 1 heterocycles. The molecule has 22 heavy (non-hydrogen) atoms. The number of sulfonamides is 1. The van der Waals surface area contributed by atoms with Crippen LogP contribution in [0.1, 0.15) is 25.7 Å². The number of fused-ring (bicyclic) bond motifs is 1. The first-order valence-electron chi connectivity index (χ1n) is 6.94. The maximum Gasteiger partial charge on any atom is 0.261 e. The van der Waals surface area contributed by atoms with Gasteiger partial charge in [0.05, 0.1) is 10.6 Å². The van der Waals surface area contributed by atoms with Gasteiger partial charge in [0, 0.05) is 12.0 Å². The summed E-state index contributed by atoms with van der Waals surface area (Å²) in [7, 11) is -3.60. The maximum absolute atomic E-state index is 12.3. The van der Waals surface area contributed by atoms with Gasteiger partial charge in [-0.05, 0) is 24.3 Å². The third-order valence-corrected chi connectivity index (χ3v) is 4.60. The van der Waals surface area contributed by atoms with Crippen molar-refractivity contribution in [3.8, 4) is 0 Å². The van der Waals surface area contributed by atoms with Crippen LogP contribution in [-0.2, 0) is 10.0 Å². The zero-order valence-electron chi connectivity index (χ0n) is 12.3. The highest BCUT2D eigenvalue weighted by molar-refractivity contribution is 7.92. The fourth-order valence-corrected chi connectivity index (χ4v) is 3.14. The minimum Gasteiger partial charge on any atom is -0.440 e. The van der Waals surface area contributed by atoms with Crippen LogP contribution in [0.25, 0.3) is 11.1 Å². The summed E-state index contributed by atoms with van der Waals surface area (Å²) >= 11 is 0. The summed E-state index contributed by atoms with van der Waals surface area (Å²) in [4.78, 5) is 4.58. The quantitative estimate of drug-likeness (QED) is 0.795. The van der Waals surface area contributed by atoms with Crippen molar-refractivity contribution < 1.29 is 12.8 Å². The molecule has 114 valence electrons. The number of rotatable bonds is 4. The van der Waals surface area contributed by atoms with Gasteiger partial charge in [0.15, 0.2) is 11.5 Å². The van der Waals surface area contributed by atoms with Crippen LogP contribution >= 0.6 is 0 Å². The summed E-state index contributed by atoms with van der Waals surface area (Å²) in [5, 5.41) is 0. The molecule has 1 aromatic heterocycles. The van der Waals surface area contributed by atoms with Crippen LogP contribution in [0, 0.1) is 0 Å². The van der Waals surface area contributed by atoms with E-state index < -0.39 is 10.0 Å². The molecule has 0 unspecified atom stereocenters. The van der Waals surface area contributed by atoms with Crippen LogP contribution in [0.5, 0.6) is 0 Å². The fourth-order valence-electron chi connectivity index (χ4n) is 2.07. The number of hydrogen-bond donors (Lipinski definition) is 1. The minimum atomic E-state index is -3.60. The lowest BCUT2D eigenvalue weighted by Crippen LogP contribution is -2.12. The van der Waals surface area contributed by atoms with E-state index in [1.165, 1.54) is 0 Å². The zero-order valence-corrected chi connectivity index (χ0v) is 13.1. The van der Waals surface area contributed by atoms with Crippen molar-refractivity contribution in [1.82, 2.24) is 4.98 Å². The Bertz CT molecular complexity index is 900. The Labute approximate surface area is 129 Å². The van der Waals surface area contributed by atoms with E-state index in [4.69, 9.17) is 4.42 Å². The molecule has 0 spiro atoms. The smallest absolute Gasteiger partial charge is 0.261 e. The van der Waals surface area contributed by atoms with Crippen molar-refractivity contribution in [2.24, 2.45) is 0 Å². The van der Waals surface area contributed by atoms with Crippen LogP contribution in [0.2, 0.25) is 0 Å². The standard InChI is InChI=1S/C16H16N2O3S/c1-11(2)16-17-14-9-8-12(10-15(14)21-16)18-22(19,20)13-6-4-3-5-7-13/h3-11,18H,1-2H3. The lowest BCUT2D eigenvalue weighted by molar-refractivity contribution is 0.501. The van der Waals surface area contributed by atoms with Crippen LogP contribution in [0.3, 0.4) is 0 Å². The summed E-state index contributed by atoms with van der Waals surface area (Å²) in [6.45, 7) is 3.98. The number of benzene rings is 2. The second-order valence-electron chi connectivity index (χ2n) is 5.31. The Morgan fingerprint density at radius 2 is 1.82 bits per heavy atom. The minimum absolute atomic E-state index is 0.178. The number of nitrogens with zero attached hydrogens (tertiary/aromatic N) is 1. The van der Waals surface area contributed by atoms with Gasteiger partial charge in [0.1, 0.15) is 5.52 Å². The lowest BCUT2D eigenvalue weighted by Gasteiger charge is -2.07. The van der Waals surface area contributed by atoms with Crippen molar-refractivity contribution in [3.63, 3.8) is 0 Å². The summed E-state index contributed by atoms with van der Waals surface area (Å²) in [5.74, 6) is 0.815. The monoisotopic (exact) mass is 316 g/mol. The molecule has 5 nitrogen and oxygen atoms in total. The van der Waals surface area contributed by atoms with E-state index in [2.05, 4.69) is 9.71 Å². The van der Waals surface area contributed by atoms with E-state index in [-0.39, 0.29) is 10.8 Å². The first kappa shape index (κ1) is 14.6. The second kappa shape index (κ2) is 5.46. The molecule has 0 amide bonds. The van der Waals surface area contributed by atoms with Gasteiger partial charge in [-0.15, -0.1) is 0 Å². The summed E-state index contributed by atoms with van der Waals surface area (Å²) in [6.07, 6.45) is 0. The van der Waals surface area contributed by atoms with E-state index in [0.29, 0.717) is 22.7 Å². The van der Waals surface area contributed by atoms with E-state index in [9.17, 15) is 8.42 Å². The number of hydrogen-bond acceptors (Lipinski definition) is 4. The van der Waals surface area contributed by atoms with Gasteiger partial charge < -0.3 is 4.42 Å². The average molecular weight is 316 g/mol. The Morgan fingerprint density at radius 1 is 1.09 bits per heavy atom. The molecule has 1 N–H and O–H groups in total. The second-order valence-corrected chi connectivity index (χ2v) is 6.99. The van der Waals surface area contributed by atoms with Crippen molar-refractivity contribution in [2.75, 3.05) is 4.72 Å². The number of anilines is 1. The largest absolute Gasteiger partial charge is 0.440 e. The number of aromatic nitrogens is 1. The highest BCUT2D eigenvalue weighted by Crippen LogP contribution is 2.25. The molecule has 3 aromatic rings. The Kier molecular flexibility index (Phi) is 3.62. The van der Waals surface area contributed by atoms with Gasteiger partial charge >= 0.3 is 0 Å². The molecular formula is C16H16N2O3S. The fraction of sp³-hybridized carbons (Fsp3) is 0.188. The van der Waals surface area contributed by atoms with Gasteiger partial charge in [-0.1, -0.05) is 32.0 Å². The van der Waals surface area contributed by atoms with Crippen molar-refractivity contribution in [3.05, 3.63) is 54.4 Å². The maximum atomic E-state index is 12.3. The van der Waals surface area contributed by atoms with Crippen molar-refractivity contribution in [2.45, 2.75) is 24.7 Å². The molecule has 0 bridgehead atoms. The lowest BCUT2D eigenvalue weighted by atomic mass is 10.2. The van der Waals surface area contributed by atoms with Crippen LogP contribution in [-0.4, -0.2) is 13.4 Å². The molecule has 0 fully saturated rings. The number of oxazole rings is 1. The molecule has 0 radical (unpaired) electrons. The third-order valence-electron chi connectivity index (χ3n) is 3.20. The van der Waals surface area contributed by atoms with Crippen molar-refractivity contribution in [1.29, 1.82) is 0 Å². The van der Waals surface area contributed by atoms with Crippen LogP contribution in [0.4, 0.5) is 5.69 Å². The molecule has 6 heteroatoms. The van der Waals surface area contributed by atoms with Crippen LogP contribution < -0.4 is 4.72 Å². The molecule has 0 saturated carbocycles. The highest BCUT2D eigenvalue weighted by Gasteiger charge is 2.15. The molecule has 0 saturated heterocycles. The molecular weight excluding hydrogens is 300 g/mol. The predicted octanol–water partition coefficient (Wildman–Crippen LogP) is 3.75. The van der Waals surface area contributed by atoms with Gasteiger partial charge in [-0.2, -0.15) is 0 Å². The van der Waals surface area contributed by atoms with Gasteiger partial charge in [-0.25, -0.2) is 13.4 Å². The summed E-state index contributed by atoms with van der Waals surface area (Å²) in [5.41, 5.74) is 1.73. The third kappa shape index (κ3) is 2.82. The first-order valence-corrected chi connectivity index (χ1v) is 8.42. The first-order chi connectivity index (χ1) is 10.5. The topological polar surface area (TPSA) is 72.2 Å². The average Bonchev–Trinajstić information content (AvgIpc) is 2.91. The SMILES string of the molecule is CC(C)c1nc2ccc(NS(=O)(=O)c3ccccc3)cc2o1. The van der Waals surface area contributed by atoms with Gasteiger partial charge in [0.2, 0.25) is 0 Å². The Morgan fingerprint density at radius 3 is 2.50 bits per heavy atom. The summed E-state index contributed by atoms with van der Waals surface area (Å²) in [6, 6.07) is 13.3. The molecule has 0 aliphatic heterocycles. The predicted molar refractivity (Wildman–Crippen MR) is 85.3 cm³/mol. The van der Waals surface area contributed by atoms with Gasteiger partial charge in [-0.3, -0.25) is 4.72 Å². The number of nitrogens with one attached hydrogen (secondary N) is 1. The normalized spacial score (nSPS) is 12.0. The van der Waals surface area contributed by atoms with E-state index in [1.54, 1.807) is 48.5 Å². The molecule has 0 aliphatic rings. The highest BCUT2D eigenvalue weighted by atomic mass is 32.2. The van der Waals surface area contributed by atoms with E-state index in [0.717, 1.165) is 0 Å². The van der Waals surface area contributed by atoms with Gasteiger partial charge in [0.25, 0.3) is 10.0 Å². The molecule has 0 atom stereocenters. The zero-order chi connectivity index (χ0) is 15.7. The molecule has 2 aromatic carbocycles. The van der Waals surface area contributed by atoms with E-state index in [1.807, 2.05) is 13.8 Å².